The number of aliphatic carboxylic acids is 1. The number of amides is 1. The maximum absolute atomic E-state index is 13.1. The minimum absolute atomic E-state index is 0.143. The van der Waals surface area contributed by atoms with E-state index in [1.54, 1.807) is 4.90 Å². The van der Waals surface area contributed by atoms with Gasteiger partial charge in [-0.25, -0.2) is 0 Å². The normalized spacial score (nSPS) is 37.2. The van der Waals surface area contributed by atoms with Crippen molar-refractivity contribution in [1.82, 2.24) is 4.90 Å². The molecule has 3 fully saturated rings. The molecule has 6 heteroatoms. The zero-order chi connectivity index (χ0) is 16.3. The summed E-state index contributed by atoms with van der Waals surface area (Å²) in [4.78, 5) is 38.0. The van der Waals surface area contributed by atoms with E-state index in [0.717, 1.165) is 0 Å². The fraction of sp³-hybridized carbons (Fsp3) is 0.812. The highest BCUT2D eigenvalue weighted by Gasteiger charge is 2.76. The highest BCUT2D eigenvalue weighted by molar-refractivity contribution is 5.96. The van der Waals surface area contributed by atoms with E-state index < -0.39 is 22.4 Å². The molecule has 2 aliphatic heterocycles. The van der Waals surface area contributed by atoms with Crippen LogP contribution in [0.15, 0.2) is 0 Å². The third kappa shape index (κ3) is 1.64. The monoisotopic (exact) mass is 309 g/mol. The molecule has 2 saturated heterocycles. The number of nitrogens with zero attached hydrogens (tertiary/aromatic N) is 1. The van der Waals surface area contributed by atoms with Gasteiger partial charge in [0, 0.05) is 18.5 Å². The Bertz CT molecular complexity index is 549. The molecule has 0 radical (unpaired) electrons. The first-order chi connectivity index (χ1) is 10.2. The predicted octanol–water partition coefficient (Wildman–Crippen LogP) is 1.43. The molecular weight excluding hydrogens is 286 g/mol. The average molecular weight is 309 g/mol. The van der Waals surface area contributed by atoms with Crippen LogP contribution in [0, 0.1) is 16.7 Å². The SMILES string of the molecule is CC1(C)[C@@]2(C)CC[C@]1(C(=O)N1CCC(C(=O)O)CC1)OC2=O. The molecule has 1 amide bonds. The summed E-state index contributed by atoms with van der Waals surface area (Å²) in [7, 11) is 0. The van der Waals surface area contributed by atoms with Crippen molar-refractivity contribution in [2.75, 3.05) is 13.1 Å². The van der Waals surface area contributed by atoms with Crippen molar-refractivity contribution in [1.29, 1.82) is 0 Å². The quantitative estimate of drug-likeness (QED) is 0.780. The molecule has 2 heterocycles. The molecule has 3 rings (SSSR count). The van der Waals surface area contributed by atoms with Gasteiger partial charge in [0.2, 0.25) is 0 Å². The lowest BCUT2D eigenvalue weighted by molar-refractivity contribution is -0.175. The van der Waals surface area contributed by atoms with Gasteiger partial charge in [-0.2, -0.15) is 0 Å². The Morgan fingerprint density at radius 2 is 1.77 bits per heavy atom. The number of hydrogen-bond donors (Lipinski definition) is 1. The van der Waals surface area contributed by atoms with Crippen molar-refractivity contribution in [3.8, 4) is 0 Å². The van der Waals surface area contributed by atoms with Crippen molar-refractivity contribution < 1.29 is 24.2 Å². The summed E-state index contributed by atoms with van der Waals surface area (Å²) < 4.78 is 5.61. The Morgan fingerprint density at radius 3 is 2.18 bits per heavy atom. The molecule has 0 unspecified atom stereocenters. The van der Waals surface area contributed by atoms with Crippen molar-refractivity contribution in [3.05, 3.63) is 0 Å². The van der Waals surface area contributed by atoms with Crippen LogP contribution in [0.25, 0.3) is 0 Å². The van der Waals surface area contributed by atoms with Gasteiger partial charge in [-0.1, -0.05) is 13.8 Å². The van der Waals surface area contributed by atoms with Gasteiger partial charge in [0.15, 0.2) is 5.60 Å². The fourth-order valence-corrected chi connectivity index (χ4v) is 4.31. The van der Waals surface area contributed by atoms with Crippen LogP contribution in [0.3, 0.4) is 0 Å². The number of fused-ring (bicyclic) bond motifs is 2. The second-order valence-corrected chi connectivity index (χ2v) is 7.58. The van der Waals surface area contributed by atoms with E-state index in [9.17, 15) is 14.4 Å². The number of piperidine rings is 1. The van der Waals surface area contributed by atoms with Gasteiger partial charge in [-0.05, 0) is 32.6 Å². The van der Waals surface area contributed by atoms with E-state index in [0.29, 0.717) is 38.8 Å². The van der Waals surface area contributed by atoms with Crippen LogP contribution >= 0.6 is 0 Å². The second-order valence-electron chi connectivity index (χ2n) is 7.58. The van der Waals surface area contributed by atoms with Crippen molar-refractivity contribution in [2.45, 2.75) is 52.1 Å². The van der Waals surface area contributed by atoms with Crippen molar-refractivity contribution in [2.24, 2.45) is 16.7 Å². The van der Waals surface area contributed by atoms with E-state index in [2.05, 4.69) is 0 Å². The van der Waals surface area contributed by atoms with E-state index in [-0.39, 0.29) is 17.8 Å². The van der Waals surface area contributed by atoms with Gasteiger partial charge < -0.3 is 14.7 Å². The number of esters is 1. The number of rotatable bonds is 2. The Morgan fingerprint density at radius 1 is 1.18 bits per heavy atom. The number of likely N-dealkylation sites (tertiary alicyclic amines) is 1. The van der Waals surface area contributed by atoms with Crippen LogP contribution < -0.4 is 0 Å². The highest BCUT2D eigenvalue weighted by Crippen LogP contribution is 2.66. The van der Waals surface area contributed by atoms with E-state index >= 15 is 0 Å². The third-order valence-corrected chi connectivity index (χ3v) is 6.56. The Balaban J connectivity index is 1.82. The zero-order valence-corrected chi connectivity index (χ0v) is 13.3. The standard InChI is InChI=1S/C16H23NO5/c1-14(2)15(3)6-7-16(14,22-13(15)21)12(20)17-8-4-10(5-9-17)11(18)19/h10H,4-9H2,1-3H3,(H,18,19)/t15-,16+/m0/s1. The predicted molar refractivity (Wildman–Crippen MR) is 76.9 cm³/mol. The topological polar surface area (TPSA) is 83.9 Å². The van der Waals surface area contributed by atoms with Crippen LogP contribution in [0.5, 0.6) is 0 Å². The number of carboxylic acid groups (broad SMARTS) is 1. The van der Waals surface area contributed by atoms with Crippen molar-refractivity contribution >= 4 is 17.8 Å². The van der Waals surface area contributed by atoms with Crippen LogP contribution in [0.2, 0.25) is 0 Å². The van der Waals surface area contributed by atoms with Crippen LogP contribution in [0.4, 0.5) is 0 Å². The molecule has 3 aliphatic rings. The first-order valence-electron chi connectivity index (χ1n) is 7.91. The molecule has 6 nitrogen and oxygen atoms in total. The molecular formula is C16H23NO5. The Labute approximate surface area is 129 Å². The molecule has 2 bridgehead atoms. The molecule has 122 valence electrons. The molecule has 0 spiro atoms. The molecule has 2 atom stereocenters. The van der Waals surface area contributed by atoms with Gasteiger partial charge in [-0.3, -0.25) is 14.4 Å². The summed E-state index contributed by atoms with van der Waals surface area (Å²) in [5, 5.41) is 9.06. The maximum atomic E-state index is 13.1. The lowest BCUT2D eigenvalue weighted by atomic mass is 9.66. The number of hydrogen-bond acceptors (Lipinski definition) is 4. The lowest BCUT2D eigenvalue weighted by Crippen LogP contribution is -2.56. The van der Waals surface area contributed by atoms with Gasteiger partial charge in [0.25, 0.3) is 5.91 Å². The first-order valence-corrected chi connectivity index (χ1v) is 7.91. The van der Waals surface area contributed by atoms with Crippen LogP contribution in [-0.2, 0) is 19.1 Å². The van der Waals surface area contributed by atoms with Gasteiger partial charge >= 0.3 is 11.9 Å². The zero-order valence-electron chi connectivity index (χ0n) is 13.3. The lowest BCUT2D eigenvalue weighted by Gasteiger charge is -2.40. The fourth-order valence-electron chi connectivity index (χ4n) is 4.31. The number of carboxylic acids is 1. The summed E-state index contributed by atoms with van der Waals surface area (Å²) in [6.07, 6.45) is 2.14. The van der Waals surface area contributed by atoms with E-state index in [1.807, 2.05) is 20.8 Å². The van der Waals surface area contributed by atoms with E-state index in [1.165, 1.54) is 0 Å². The van der Waals surface area contributed by atoms with Crippen molar-refractivity contribution in [3.63, 3.8) is 0 Å². The van der Waals surface area contributed by atoms with Gasteiger partial charge in [-0.15, -0.1) is 0 Å². The smallest absolute Gasteiger partial charge is 0.313 e. The highest BCUT2D eigenvalue weighted by atomic mass is 16.6. The van der Waals surface area contributed by atoms with Crippen LogP contribution in [0.1, 0.15) is 46.5 Å². The first kappa shape index (κ1) is 15.3. The second kappa shape index (κ2) is 4.46. The van der Waals surface area contributed by atoms with Gasteiger partial charge in [0.05, 0.1) is 11.3 Å². The molecule has 1 aliphatic carbocycles. The molecule has 0 aromatic heterocycles. The molecule has 22 heavy (non-hydrogen) atoms. The number of carbonyl (C=O) groups excluding carboxylic acids is 2. The maximum Gasteiger partial charge on any atom is 0.313 e. The Kier molecular flexibility index (Phi) is 3.10. The minimum Gasteiger partial charge on any atom is -0.481 e. The summed E-state index contributed by atoms with van der Waals surface area (Å²) in [6.45, 7) is 6.59. The summed E-state index contributed by atoms with van der Waals surface area (Å²) >= 11 is 0. The van der Waals surface area contributed by atoms with Gasteiger partial charge in [0.1, 0.15) is 0 Å². The summed E-state index contributed by atoms with van der Waals surface area (Å²) in [5.41, 5.74) is -2.23. The minimum atomic E-state index is -1.07. The summed E-state index contributed by atoms with van der Waals surface area (Å²) in [5.74, 6) is -1.60. The molecule has 0 aromatic rings. The molecule has 1 N–H and O–H groups in total. The largest absolute Gasteiger partial charge is 0.481 e. The third-order valence-electron chi connectivity index (χ3n) is 6.56. The van der Waals surface area contributed by atoms with Crippen LogP contribution in [-0.4, -0.2) is 46.5 Å². The average Bonchev–Trinajstić information content (AvgIpc) is 2.77. The Hall–Kier alpha value is -1.59. The number of ether oxygens (including phenoxy) is 1. The number of carbonyl (C=O) groups is 3. The molecule has 0 aromatic carbocycles. The summed E-state index contributed by atoms with van der Waals surface area (Å²) in [6, 6.07) is 0. The van der Waals surface area contributed by atoms with E-state index in [4.69, 9.17) is 9.84 Å². The molecule has 1 saturated carbocycles.